The van der Waals surface area contributed by atoms with Crippen molar-refractivity contribution in [3.63, 3.8) is 0 Å². The van der Waals surface area contributed by atoms with Gasteiger partial charge in [0.2, 0.25) is 6.71 Å². The number of benzene rings is 8. The monoisotopic (exact) mass is 879 g/mol. The number of thiophene rings is 3. The van der Waals surface area contributed by atoms with Gasteiger partial charge < -0.3 is 4.90 Å². The van der Waals surface area contributed by atoms with E-state index in [0.717, 1.165) is 28.1 Å². The standard InChI is InChI=1S/C56H30BN5S3/c1-2-11-31(12-3-1)54-59-55(32-13-10-22-58-30-32)61-56(60-54)33-23-42-38-26-40-36-15-5-8-18-48(36)64-51(40)28-43(38)57-44-29-52-41(37-16-6-9-19-49(37)65-52)27-45(44)62(46(24-33)53(42)57)34-20-21-50-39(25-34)35-14-4-7-17-47(35)63-50/h1-30H. The van der Waals surface area contributed by atoms with Crippen molar-refractivity contribution in [2.75, 3.05) is 4.90 Å². The summed E-state index contributed by atoms with van der Waals surface area (Å²) >= 11 is 5.63. The predicted octanol–water partition coefficient (Wildman–Crippen LogP) is 13.7. The third-order valence-corrected chi connectivity index (χ3v) is 16.8. The Kier molecular flexibility index (Phi) is 7.44. The van der Waals surface area contributed by atoms with Crippen LogP contribution in [0.5, 0.6) is 0 Å². The van der Waals surface area contributed by atoms with E-state index in [2.05, 4.69) is 149 Å². The van der Waals surface area contributed by atoms with E-state index >= 15 is 0 Å². The lowest BCUT2D eigenvalue weighted by Gasteiger charge is -2.36. The van der Waals surface area contributed by atoms with E-state index in [-0.39, 0.29) is 6.71 Å². The quantitative estimate of drug-likeness (QED) is 0.165. The molecule has 0 fully saturated rings. The molecule has 0 aliphatic carbocycles. The van der Waals surface area contributed by atoms with Gasteiger partial charge in [-0.3, -0.25) is 4.98 Å². The lowest BCUT2D eigenvalue weighted by atomic mass is 9.37. The second-order valence-electron chi connectivity index (χ2n) is 17.0. The lowest BCUT2D eigenvalue weighted by Crippen LogP contribution is -2.54. The Morgan fingerprint density at radius 3 is 1.65 bits per heavy atom. The van der Waals surface area contributed by atoms with Gasteiger partial charge in [0.25, 0.3) is 0 Å². The summed E-state index contributed by atoms with van der Waals surface area (Å²) in [7, 11) is 0. The van der Waals surface area contributed by atoms with Gasteiger partial charge in [-0.15, -0.1) is 34.0 Å². The molecule has 2 aliphatic rings. The first-order valence-electron chi connectivity index (χ1n) is 21.7. The molecule has 0 atom stereocenters. The number of nitrogens with zero attached hydrogens (tertiary/aromatic N) is 5. The molecule has 0 saturated heterocycles. The summed E-state index contributed by atoms with van der Waals surface area (Å²) in [6.07, 6.45) is 3.61. The van der Waals surface area contributed by atoms with Gasteiger partial charge in [-0.25, -0.2) is 15.0 Å². The van der Waals surface area contributed by atoms with Crippen molar-refractivity contribution in [1.29, 1.82) is 0 Å². The van der Waals surface area contributed by atoms with Crippen LogP contribution in [0.3, 0.4) is 0 Å². The summed E-state index contributed by atoms with van der Waals surface area (Å²) < 4.78 is 7.81. The summed E-state index contributed by atoms with van der Waals surface area (Å²) in [6, 6.07) is 62.3. The molecule has 300 valence electrons. The summed E-state index contributed by atoms with van der Waals surface area (Å²) in [6.45, 7) is 0.0226. The van der Waals surface area contributed by atoms with Crippen LogP contribution in [0, 0.1) is 0 Å². The van der Waals surface area contributed by atoms with Gasteiger partial charge in [-0.05, 0) is 107 Å². The molecule has 65 heavy (non-hydrogen) atoms. The number of hydrogen-bond acceptors (Lipinski definition) is 8. The molecule has 5 aromatic heterocycles. The van der Waals surface area contributed by atoms with Crippen molar-refractivity contribution in [2.45, 2.75) is 0 Å². The lowest BCUT2D eigenvalue weighted by molar-refractivity contribution is 1.07. The van der Waals surface area contributed by atoms with Crippen LogP contribution in [0.15, 0.2) is 182 Å². The van der Waals surface area contributed by atoms with Crippen LogP contribution in [0.2, 0.25) is 0 Å². The first-order valence-corrected chi connectivity index (χ1v) is 24.2. The van der Waals surface area contributed by atoms with Crippen molar-refractivity contribution in [3.05, 3.63) is 182 Å². The number of anilines is 3. The molecule has 0 unspecified atom stereocenters. The maximum atomic E-state index is 5.30. The van der Waals surface area contributed by atoms with Gasteiger partial charge in [0.1, 0.15) is 0 Å². The van der Waals surface area contributed by atoms with Crippen LogP contribution in [0.1, 0.15) is 0 Å². The molecule has 15 rings (SSSR count). The molecular formula is C56H30BN5S3. The molecule has 7 heterocycles. The molecule has 0 bridgehead atoms. The summed E-state index contributed by atoms with van der Waals surface area (Å²) in [5, 5.41) is 7.70. The van der Waals surface area contributed by atoms with E-state index in [0.29, 0.717) is 17.5 Å². The predicted molar refractivity (Wildman–Crippen MR) is 277 cm³/mol. The van der Waals surface area contributed by atoms with Gasteiger partial charge in [0, 0.05) is 107 Å². The fraction of sp³-hybridized carbons (Fsp3) is 0. The van der Waals surface area contributed by atoms with Gasteiger partial charge in [0.05, 0.1) is 0 Å². The summed E-state index contributed by atoms with van der Waals surface area (Å²) in [5.41, 5.74) is 12.6. The SMILES string of the molecule is c1ccc(-c2nc(-c3cccnc3)nc(-c3cc4c5c(c3)N(c3ccc6sc7ccccc7c6c3)c3cc6c(cc3B5c3cc5sc7ccccc7c5cc3-4)sc3ccccc36)n2)cc1. The Morgan fingerprint density at radius 1 is 0.385 bits per heavy atom. The zero-order valence-corrected chi connectivity index (χ0v) is 36.8. The second kappa shape index (κ2) is 13.5. The van der Waals surface area contributed by atoms with E-state index in [1.807, 2.05) is 70.5 Å². The molecule has 2 aliphatic heterocycles. The van der Waals surface area contributed by atoms with Crippen LogP contribution in [-0.2, 0) is 0 Å². The molecular weight excluding hydrogens is 850 g/mol. The van der Waals surface area contributed by atoms with Gasteiger partial charge in [0.15, 0.2) is 17.5 Å². The van der Waals surface area contributed by atoms with E-state index in [1.54, 1.807) is 6.20 Å². The molecule has 0 saturated carbocycles. The average Bonchev–Trinajstić information content (AvgIpc) is 4.12. The zero-order valence-electron chi connectivity index (χ0n) is 34.4. The Balaban J connectivity index is 1.07. The highest BCUT2D eigenvalue weighted by Gasteiger charge is 2.44. The van der Waals surface area contributed by atoms with Crippen molar-refractivity contribution in [1.82, 2.24) is 19.9 Å². The van der Waals surface area contributed by atoms with Crippen LogP contribution < -0.4 is 21.3 Å². The van der Waals surface area contributed by atoms with Crippen LogP contribution in [-0.4, -0.2) is 26.6 Å². The molecule has 13 aromatic rings. The Hall–Kier alpha value is -7.56. The molecule has 0 N–H and O–H groups in total. The second-order valence-corrected chi connectivity index (χ2v) is 20.2. The third-order valence-electron chi connectivity index (χ3n) is 13.4. The first-order chi connectivity index (χ1) is 32.2. The minimum Gasteiger partial charge on any atom is -0.311 e. The van der Waals surface area contributed by atoms with E-state index in [1.165, 1.54) is 93.7 Å². The normalized spacial score (nSPS) is 12.9. The number of hydrogen-bond donors (Lipinski definition) is 0. The summed E-state index contributed by atoms with van der Waals surface area (Å²) in [4.78, 5) is 22.6. The Labute approximate surface area is 384 Å². The highest BCUT2D eigenvalue weighted by atomic mass is 32.1. The smallest absolute Gasteiger partial charge is 0.248 e. The third kappa shape index (κ3) is 5.25. The highest BCUT2D eigenvalue weighted by molar-refractivity contribution is 7.27. The highest BCUT2D eigenvalue weighted by Crippen LogP contribution is 2.48. The topological polar surface area (TPSA) is 54.8 Å². The Bertz CT molecular complexity index is 4100. The maximum Gasteiger partial charge on any atom is 0.248 e. The summed E-state index contributed by atoms with van der Waals surface area (Å²) in [5.74, 6) is 1.83. The average molecular weight is 880 g/mol. The van der Waals surface area contributed by atoms with Crippen LogP contribution in [0.25, 0.3) is 106 Å². The minimum atomic E-state index is 0.0226. The van der Waals surface area contributed by atoms with Gasteiger partial charge in [-0.1, -0.05) is 90.4 Å². The fourth-order valence-corrected chi connectivity index (χ4v) is 13.9. The molecule has 5 nitrogen and oxygen atoms in total. The number of pyridine rings is 1. The van der Waals surface area contributed by atoms with E-state index < -0.39 is 0 Å². The van der Waals surface area contributed by atoms with Crippen molar-refractivity contribution in [2.24, 2.45) is 0 Å². The molecule has 0 radical (unpaired) electrons. The minimum absolute atomic E-state index is 0.0226. The van der Waals surface area contributed by atoms with Gasteiger partial charge in [-0.2, -0.15) is 0 Å². The van der Waals surface area contributed by atoms with Crippen molar-refractivity contribution in [3.8, 4) is 45.3 Å². The van der Waals surface area contributed by atoms with Crippen LogP contribution in [0.4, 0.5) is 17.1 Å². The number of aromatic nitrogens is 4. The van der Waals surface area contributed by atoms with Gasteiger partial charge >= 0.3 is 0 Å². The number of rotatable bonds is 4. The number of fused-ring (bicyclic) bond motifs is 14. The Morgan fingerprint density at radius 2 is 0.954 bits per heavy atom. The molecule has 0 amide bonds. The van der Waals surface area contributed by atoms with Crippen LogP contribution >= 0.6 is 34.0 Å². The molecule has 8 aromatic carbocycles. The zero-order chi connectivity index (χ0) is 42.3. The first kappa shape index (κ1) is 35.9. The van der Waals surface area contributed by atoms with Crippen molar-refractivity contribution >= 4 is 135 Å². The van der Waals surface area contributed by atoms with Crippen molar-refractivity contribution < 1.29 is 0 Å². The largest absolute Gasteiger partial charge is 0.311 e. The fourth-order valence-electron chi connectivity index (χ4n) is 10.5. The maximum absolute atomic E-state index is 5.30. The molecule has 0 spiro atoms. The molecule has 9 heteroatoms. The van der Waals surface area contributed by atoms with E-state index in [9.17, 15) is 0 Å². The van der Waals surface area contributed by atoms with E-state index in [4.69, 9.17) is 15.0 Å².